The summed E-state index contributed by atoms with van der Waals surface area (Å²) in [5, 5.41) is 8.42. The summed E-state index contributed by atoms with van der Waals surface area (Å²) in [6, 6.07) is 3.65. The molecule has 7 nitrogen and oxygen atoms in total. The predicted molar refractivity (Wildman–Crippen MR) is 90.1 cm³/mol. The molecule has 1 amide bonds. The first-order chi connectivity index (χ1) is 10.8. The van der Waals surface area contributed by atoms with Crippen LogP contribution in [0.3, 0.4) is 0 Å². The van der Waals surface area contributed by atoms with Crippen LogP contribution in [0.2, 0.25) is 0 Å². The normalized spacial score (nSPS) is 12.8. The number of pyridine rings is 1. The van der Waals surface area contributed by atoms with Crippen molar-refractivity contribution in [2.75, 3.05) is 17.7 Å². The molecule has 0 aromatic carbocycles. The van der Waals surface area contributed by atoms with Crippen LogP contribution >= 0.6 is 11.3 Å². The zero-order chi connectivity index (χ0) is 17.0. The van der Waals surface area contributed by atoms with E-state index < -0.39 is 15.1 Å². The highest BCUT2D eigenvalue weighted by Gasteiger charge is 2.25. The second-order valence-electron chi connectivity index (χ2n) is 5.05. The molecule has 1 unspecified atom stereocenters. The number of carbonyl (C=O) groups is 1. The number of nitrogens with zero attached hydrogens (tertiary/aromatic N) is 4. The summed E-state index contributed by atoms with van der Waals surface area (Å²) in [6.45, 7) is 3.12. The minimum Gasteiger partial charge on any atom is -0.290 e. The highest BCUT2D eigenvalue weighted by Crippen LogP contribution is 2.28. The molecule has 0 N–H and O–H groups in total. The summed E-state index contributed by atoms with van der Waals surface area (Å²) < 4.78 is 23.6. The van der Waals surface area contributed by atoms with E-state index in [1.807, 2.05) is 6.07 Å². The molecule has 0 aliphatic rings. The predicted octanol–water partition coefficient (Wildman–Crippen LogP) is 1.78. The Bertz CT molecular complexity index is 774. The van der Waals surface area contributed by atoms with Gasteiger partial charge in [0.2, 0.25) is 11.0 Å². The Labute approximate surface area is 139 Å². The van der Waals surface area contributed by atoms with Crippen LogP contribution in [0, 0.1) is 0 Å². The second-order valence-corrected chi connectivity index (χ2v) is 8.71. The van der Waals surface area contributed by atoms with Crippen molar-refractivity contribution in [2.45, 2.75) is 25.5 Å². The lowest BCUT2D eigenvalue weighted by Crippen LogP contribution is -2.32. The van der Waals surface area contributed by atoms with Crippen molar-refractivity contribution in [3.8, 4) is 10.6 Å². The van der Waals surface area contributed by atoms with Gasteiger partial charge in [-0.15, -0.1) is 10.2 Å². The molecule has 0 saturated heterocycles. The number of rotatable bonds is 6. The maximum Gasteiger partial charge on any atom is 0.229 e. The molecular formula is C14H18N4O3S2. The Balaban J connectivity index is 2.10. The first-order valence-electron chi connectivity index (χ1n) is 7.07. The Morgan fingerprint density at radius 3 is 2.74 bits per heavy atom. The van der Waals surface area contributed by atoms with Gasteiger partial charge in [0.1, 0.15) is 0 Å². The highest BCUT2D eigenvalue weighted by atomic mass is 32.2. The largest absolute Gasteiger partial charge is 0.290 e. The summed E-state index contributed by atoms with van der Waals surface area (Å²) in [4.78, 5) is 17.6. The van der Waals surface area contributed by atoms with Crippen molar-refractivity contribution in [2.24, 2.45) is 0 Å². The molecule has 2 aromatic heterocycles. The number of carbonyl (C=O) groups excluding carboxylic acids is 1. The number of amides is 1. The van der Waals surface area contributed by atoms with Crippen molar-refractivity contribution < 1.29 is 13.2 Å². The maximum absolute atomic E-state index is 12.3. The molecule has 9 heteroatoms. The Kier molecular flexibility index (Phi) is 5.42. The third kappa shape index (κ3) is 4.11. The van der Waals surface area contributed by atoms with Crippen LogP contribution in [0.15, 0.2) is 24.5 Å². The van der Waals surface area contributed by atoms with Gasteiger partial charge in [-0.1, -0.05) is 18.3 Å². The standard InChI is InChI=1S/C14H18N4O3S2/c1-4-23(20,21)10(2)8-12(19)18(3)14-17-16-13(22-14)11-6-5-7-15-9-11/h5-7,9-10H,4,8H2,1-3H3. The average Bonchev–Trinajstić information content (AvgIpc) is 3.04. The van der Waals surface area contributed by atoms with E-state index in [9.17, 15) is 13.2 Å². The van der Waals surface area contributed by atoms with Crippen molar-refractivity contribution in [3.63, 3.8) is 0 Å². The molecule has 0 saturated carbocycles. The Hall–Kier alpha value is -1.87. The molecule has 0 spiro atoms. The minimum absolute atomic E-state index is 0.0229. The number of aromatic nitrogens is 3. The zero-order valence-electron chi connectivity index (χ0n) is 13.1. The highest BCUT2D eigenvalue weighted by molar-refractivity contribution is 7.92. The number of hydrogen-bond acceptors (Lipinski definition) is 7. The summed E-state index contributed by atoms with van der Waals surface area (Å²) in [7, 11) is -1.66. The first kappa shape index (κ1) is 17.5. The number of anilines is 1. The van der Waals surface area contributed by atoms with Gasteiger partial charge >= 0.3 is 0 Å². The summed E-state index contributed by atoms with van der Waals surface area (Å²) in [5.41, 5.74) is 0.819. The Morgan fingerprint density at radius 1 is 1.39 bits per heavy atom. The van der Waals surface area contributed by atoms with Crippen LogP contribution in [-0.2, 0) is 14.6 Å². The molecule has 0 fully saturated rings. The molecule has 23 heavy (non-hydrogen) atoms. The van der Waals surface area contributed by atoms with Gasteiger partial charge in [0.25, 0.3) is 0 Å². The fourth-order valence-electron chi connectivity index (χ4n) is 1.86. The van der Waals surface area contributed by atoms with Crippen molar-refractivity contribution in [1.29, 1.82) is 0 Å². The fraction of sp³-hybridized carbons (Fsp3) is 0.429. The molecule has 2 heterocycles. The van der Waals surface area contributed by atoms with Crippen molar-refractivity contribution >= 4 is 32.2 Å². The Morgan fingerprint density at radius 2 is 2.13 bits per heavy atom. The molecule has 1 atom stereocenters. The van der Waals surface area contributed by atoms with Crippen LogP contribution in [-0.4, -0.2) is 47.6 Å². The topological polar surface area (TPSA) is 93.1 Å². The van der Waals surface area contributed by atoms with E-state index >= 15 is 0 Å². The summed E-state index contributed by atoms with van der Waals surface area (Å²) in [5.74, 6) is -0.279. The fourth-order valence-corrected chi connectivity index (χ4v) is 3.64. The van der Waals surface area contributed by atoms with Gasteiger partial charge in [0, 0.05) is 37.2 Å². The van der Waals surface area contributed by atoms with E-state index in [0.717, 1.165) is 5.56 Å². The van der Waals surface area contributed by atoms with Crippen molar-refractivity contribution in [1.82, 2.24) is 15.2 Å². The molecule has 2 aromatic rings. The molecule has 0 aliphatic carbocycles. The third-order valence-electron chi connectivity index (χ3n) is 3.46. The zero-order valence-corrected chi connectivity index (χ0v) is 14.8. The lowest BCUT2D eigenvalue weighted by atomic mass is 10.3. The van der Waals surface area contributed by atoms with Gasteiger partial charge in [0.05, 0.1) is 5.25 Å². The van der Waals surface area contributed by atoms with Crippen LogP contribution in [0.5, 0.6) is 0 Å². The van der Waals surface area contributed by atoms with Gasteiger partial charge in [-0.05, 0) is 19.1 Å². The summed E-state index contributed by atoms with van der Waals surface area (Å²) in [6.07, 6.45) is 3.26. The molecular weight excluding hydrogens is 336 g/mol. The average molecular weight is 354 g/mol. The van der Waals surface area contributed by atoms with Gasteiger partial charge in [-0.25, -0.2) is 8.42 Å². The SMILES string of the molecule is CCS(=O)(=O)C(C)CC(=O)N(C)c1nnc(-c2cccnc2)s1. The quantitative estimate of drug-likeness (QED) is 0.785. The maximum atomic E-state index is 12.3. The minimum atomic E-state index is -3.24. The molecule has 0 aliphatic heterocycles. The van der Waals surface area contributed by atoms with Gasteiger partial charge in [-0.3, -0.25) is 14.7 Å². The van der Waals surface area contributed by atoms with Gasteiger partial charge < -0.3 is 0 Å². The van der Waals surface area contributed by atoms with Crippen LogP contribution < -0.4 is 4.90 Å². The lowest BCUT2D eigenvalue weighted by molar-refractivity contribution is -0.118. The number of sulfone groups is 1. The van der Waals surface area contributed by atoms with Crippen LogP contribution in [0.4, 0.5) is 5.13 Å². The third-order valence-corrected chi connectivity index (χ3v) is 6.71. The van der Waals surface area contributed by atoms with E-state index in [2.05, 4.69) is 15.2 Å². The second kappa shape index (κ2) is 7.14. The van der Waals surface area contributed by atoms with E-state index in [1.54, 1.807) is 39.4 Å². The number of hydrogen-bond donors (Lipinski definition) is 0. The van der Waals surface area contributed by atoms with Gasteiger partial charge in [0.15, 0.2) is 14.8 Å². The summed E-state index contributed by atoms with van der Waals surface area (Å²) >= 11 is 1.26. The van der Waals surface area contributed by atoms with E-state index in [1.165, 1.54) is 16.2 Å². The first-order valence-corrected chi connectivity index (χ1v) is 9.60. The van der Waals surface area contributed by atoms with E-state index in [4.69, 9.17) is 0 Å². The smallest absolute Gasteiger partial charge is 0.229 e. The molecule has 0 radical (unpaired) electrons. The molecule has 0 bridgehead atoms. The van der Waals surface area contributed by atoms with E-state index in [0.29, 0.717) is 10.1 Å². The monoisotopic (exact) mass is 354 g/mol. The molecule has 124 valence electrons. The van der Waals surface area contributed by atoms with Crippen LogP contribution in [0.1, 0.15) is 20.3 Å². The van der Waals surface area contributed by atoms with Crippen molar-refractivity contribution in [3.05, 3.63) is 24.5 Å². The van der Waals surface area contributed by atoms with Crippen LogP contribution in [0.25, 0.3) is 10.6 Å². The molecule has 2 rings (SSSR count). The van der Waals surface area contributed by atoms with Gasteiger partial charge in [-0.2, -0.15) is 0 Å². The van der Waals surface area contributed by atoms with E-state index in [-0.39, 0.29) is 18.1 Å². The lowest BCUT2D eigenvalue weighted by Gasteiger charge is -2.16.